The monoisotopic (exact) mass is 522 g/mol. The average molecular weight is 523 g/mol. The molecule has 5 nitrogen and oxygen atoms in total. The number of unbranched alkanes of at least 4 members (excludes halogenated alkanes) is 1. The van der Waals surface area contributed by atoms with Gasteiger partial charge in [0, 0.05) is 30.8 Å². The first-order valence-electron chi connectivity index (χ1n) is 12.6. The third kappa shape index (κ3) is 8.93. The van der Waals surface area contributed by atoms with Crippen molar-refractivity contribution in [3.63, 3.8) is 0 Å². The summed E-state index contributed by atoms with van der Waals surface area (Å²) < 4.78 is 19.8. The molecule has 0 aromatic heterocycles. The fraction of sp³-hybridized carbons (Fsp3) is 0.333. The number of carbonyl (C=O) groups excluding carboxylic acids is 2. The Morgan fingerprint density at radius 2 is 1.68 bits per heavy atom. The Morgan fingerprint density at radius 1 is 0.973 bits per heavy atom. The van der Waals surface area contributed by atoms with Crippen molar-refractivity contribution in [2.75, 3.05) is 19.4 Å². The molecule has 196 valence electrons. The van der Waals surface area contributed by atoms with Gasteiger partial charge in [-0.25, -0.2) is 4.39 Å². The van der Waals surface area contributed by atoms with Crippen molar-refractivity contribution in [1.29, 1.82) is 0 Å². The first-order valence-corrected chi connectivity index (χ1v) is 13.7. The number of methoxy groups -OCH3 is 1. The molecule has 3 aromatic rings. The number of hydrogen-bond donors (Lipinski definition) is 1. The van der Waals surface area contributed by atoms with E-state index in [9.17, 15) is 14.0 Å². The number of ether oxygens (including phenoxy) is 1. The Labute approximate surface area is 223 Å². The van der Waals surface area contributed by atoms with E-state index in [1.165, 1.54) is 22.7 Å². The standard InChI is InChI=1S/C30H35FN2O3S/c1-3-4-18-32-30(35)28(19-23-10-6-5-7-11-23)33(20-25-12-8-9-13-27(25)31)29(34)22-37-21-24-14-16-26(36-2)17-15-24/h5-17,28H,3-4,18-22H2,1-2H3,(H,32,35)/t28-/m0/s1. The fourth-order valence-electron chi connectivity index (χ4n) is 3.93. The van der Waals surface area contributed by atoms with Gasteiger partial charge in [-0.2, -0.15) is 0 Å². The number of carbonyl (C=O) groups is 2. The normalized spacial score (nSPS) is 11.5. The number of nitrogens with zero attached hydrogens (tertiary/aromatic N) is 1. The van der Waals surface area contributed by atoms with Crippen LogP contribution in [0.2, 0.25) is 0 Å². The molecule has 1 atom stereocenters. The van der Waals surface area contributed by atoms with Crippen LogP contribution in [0.4, 0.5) is 4.39 Å². The van der Waals surface area contributed by atoms with Gasteiger partial charge in [-0.05, 0) is 35.7 Å². The van der Waals surface area contributed by atoms with Crippen molar-refractivity contribution in [3.8, 4) is 5.75 Å². The van der Waals surface area contributed by atoms with Crippen LogP contribution in [0.15, 0.2) is 78.9 Å². The SMILES string of the molecule is CCCCNC(=O)[C@H](Cc1ccccc1)N(Cc1ccccc1F)C(=O)CSCc1ccc(OC)cc1. The molecule has 3 rings (SSSR count). The summed E-state index contributed by atoms with van der Waals surface area (Å²) in [5, 5.41) is 2.99. The van der Waals surface area contributed by atoms with E-state index >= 15 is 0 Å². The molecular weight excluding hydrogens is 487 g/mol. The van der Waals surface area contributed by atoms with Crippen LogP contribution in [0.1, 0.15) is 36.5 Å². The van der Waals surface area contributed by atoms with Crippen molar-refractivity contribution < 1.29 is 18.7 Å². The summed E-state index contributed by atoms with van der Waals surface area (Å²) in [6, 6.07) is 23.0. The van der Waals surface area contributed by atoms with Gasteiger partial charge in [0.05, 0.1) is 12.9 Å². The second kappa shape index (κ2) is 15.1. The van der Waals surface area contributed by atoms with E-state index in [1.807, 2.05) is 54.6 Å². The lowest BCUT2D eigenvalue weighted by Gasteiger charge is -2.31. The van der Waals surface area contributed by atoms with E-state index < -0.39 is 11.9 Å². The van der Waals surface area contributed by atoms with Crippen molar-refractivity contribution >= 4 is 23.6 Å². The largest absolute Gasteiger partial charge is 0.497 e. The van der Waals surface area contributed by atoms with Gasteiger partial charge >= 0.3 is 0 Å². The van der Waals surface area contributed by atoms with E-state index in [-0.39, 0.29) is 24.1 Å². The lowest BCUT2D eigenvalue weighted by atomic mass is 10.0. The van der Waals surface area contributed by atoms with Gasteiger partial charge in [0.1, 0.15) is 17.6 Å². The second-order valence-corrected chi connectivity index (χ2v) is 9.79. The summed E-state index contributed by atoms with van der Waals surface area (Å²) in [4.78, 5) is 28.5. The smallest absolute Gasteiger partial charge is 0.243 e. The number of nitrogens with one attached hydrogen (secondary N) is 1. The Bertz CT molecular complexity index is 1130. The summed E-state index contributed by atoms with van der Waals surface area (Å²) in [5.74, 6) is 0.772. The van der Waals surface area contributed by atoms with Gasteiger partial charge in [-0.3, -0.25) is 9.59 Å². The van der Waals surface area contributed by atoms with Crippen molar-refractivity contribution in [2.24, 2.45) is 0 Å². The molecular formula is C30H35FN2O3S. The fourth-order valence-corrected chi connectivity index (χ4v) is 4.80. The van der Waals surface area contributed by atoms with Crippen molar-refractivity contribution in [3.05, 3.63) is 101 Å². The third-order valence-corrected chi connectivity index (χ3v) is 7.04. The molecule has 2 amide bonds. The minimum absolute atomic E-state index is 0.0211. The number of thioether (sulfide) groups is 1. The Balaban J connectivity index is 1.81. The van der Waals surface area contributed by atoms with Gasteiger partial charge < -0.3 is 15.0 Å². The highest BCUT2D eigenvalue weighted by Crippen LogP contribution is 2.21. The zero-order valence-electron chi connectivity index (χ0n) is 21.5. The highest BCUT2D eigenvalue weighted by atomic mass is 32.2. The average Bonchev–Trinajstić information content (AvgIpc) is 2.92. The molecule has 0 saturated heterocycles. The molecule has 0 radical (unpaired) electrons. The number of amides is 2. The van der Waals surface area contributed by atoms with E-state index in [2.05, 4.69) is 12.2 Å². The van der Waals surface area contributed by atoms with Gasteiger partial charge in [0.15, 0.2) is 0 Å². The maximum absolute atomic E-state index is 14.6. The highest BCUT2D eigenvalue weighted by molar-refractivity contribution is 7.99. The Kier molecular flexibility index (Phi) is 11.5. The van der Waals surface area contributed by atoms with Crippen LogP contribution in [0.25, 0.3) is 0 Å². The molecule has 0 saturated carbocycles. The van der Waals surface area contributed by atoms with Gasteiger partial charge in [0.25, 0.3) is 0 Å². The quantitative estimate of drug-likeness (QED) is 0.279. The first-order chi connectivity index (χ1) is 18.0. The van der Waals surface area contributed by atoms with Crippen LogP contribution < -0.4 is 10.1 Å². The molecule has 37 heavy (non-hydrogen) atoms. The van der Waals surface area contributed by atoms with Crippen LogP contribution >= 0.6 is 11.8 Å². The molecule has 0 spiro atoms. The van der Waals surface area contributed by atoms with Gasteiger partial charge in [0.2, 0.25) is 11.8 Å². The Morgan fingerprint density at radius 3 is 2.35 bits per heavy atom. The third-order valence-electron chi connectivity index (χ3n) is 6.05. The predicted molar refractivity (Wildman–Crippen MR) is 148 cm³/mol. The molecule has 0 aliphatic rings. The molecule has 0 fully saturated rings. The van der Waals surface area contributed by atoms with E-state index in [0.29, 0.717) is 24.3 Å². The summed E-state index contributed by atoms with van der Waals surface area (Å²) in [6.45, 7) is 2.61. The van der Waals surface area contributed by atoms with Crippen LogP contribution in [0, 0.1) is 5.82 Å². The zero-order valence-corrected chi connectivity index (χ0v) is 22.3. The molecule has 0 aliphatic carbocycles. The summed E-state index contributed by atoms with van der Waals surface area (Å²) in [6.07, 6.45) is 2.15. The number of rotatable bonds is 14. The Hall–Kier alpha value is -3.32. The van der Waals surface area contributed by atoms with Gasteiger partial charge in [-0.15, -0.1) is 11.8 Å². The van der Waals surface area contributed by atoms with Crippen molar-refractivity contribution in [2.45, 2.75) is 44.5 Å². The van der Waals surface area contributed by atoms with Gasteiger partial charge in [-0.1, -0.05) is 74.0 Å². The van der Waals surface area contributed by atoms with E-state index in [4.69, 9.17) is 4.74 Å². The summed E-state index contributed by atoms with van der Waals surface area (Å²) in [7, 11) is 1.62. The molecule has 7 heteroatoms. The zero-order chi connectivity index (χ0) is 26.5. The lowest BCUT2D eigenvalue weighted by molar-refractivity contribution is -0.139. The minimum atomic E-state index is -0.757. The molecule has 0 aliphatic heterocycles. The summed E-state index contributed by atoms with van der Waals surface area (Å²) >= 11 is 1.47. The molecule has 0 bridgehead atoms. The topological polar surface area (TPSA) is 58.6 Å². The summed E-state index contributed by atoms with van der Waals surface area (Å²) in [5.41, 5.74) is 2.39. The maximum Gasteiger partial charge on any atom is 0.243 e. The van der Waals surface area contributed by atoms with Crippen LogP contribution in [0.3, 0.4) is 0 Å². The van der Waals surface area contributed by atoms with E-state index in [1.54, 1.807) is 25.3 Å². The highest BCUT2D eigenvalue weighted by Gasteiger charge is 2.30. The molecule has 0 heterocycles. The number of halogens is 1. The minimum Gasteiger partial charge on any atom is -0.497 e. The number of benzene rings is 3. The van der Waals surface area contributed by atoms with Crippen LogP contribution in [-0.2, 0) is 28.3 Å². The first kappa shape index (κ1) is 28.3. The molecule has 0 unspecified atom stereocenters. The molecule has 3 aromatic carbocycles. The van der Waals surface area contributed by atoms with Crippen LogP contribution in [-0.4, -0.2) is 42.2 Å². The van der Waals surface area contributed by atoms with Crippen molar-refractivity contribution in [1.82, 2.24) is 10.2 Å². The maximum atomic E-state index is 14.6. The van der Waals surface area contributed by atoms with E-state index in [0.717, 1.165) is 29.7 Å². The number of hydrogen-bond acceptors (Lipinski definition) is 4. The molecule has 1 N–H and O–H groups in total. The van der Waals surface area contributed by atoms with Crippen LogP contribution in [0.5, 0.6) is 5.75 Å². The predicted octanol–water partition coefficient (Wildman–Crippen LogP) is 5.62. The second-order valence-electron chi connectivity index (χ2n) is 8.80. The lowest BCUT2D eigenvalue weighted by Crippen LogP contribution is -2.51.